The van der Waals surface area contributed by atoms with Gasteiger partial charge in [0.05, 0.1) is 0 Å². The Balaban J connectivity index is 2.53. The molecule has 1 rings (SSSR count). The predicted octanol–water partition coefficient (Wildman–Crippen LogP) is 2.14. The van der Waals surface area contributed by atoms with Crippen LogP contribution in [-0.2, 0) is 0 Å². The van der Waals surface area contributed by atoms with Gasteiger partial charge in [0.2, 0.25) is 0 Å². The maximum absolute atomic E-state index is 12.7. The van der Waals surface area contributed by atoms with E-state index in [-0.39, 0.29) is 17.1 Å². The van der Waals surface area contributed by atoms with Crippen molar-refractivity contribution >= 4 is 5.91 Å². The standard InChI is InChI=1S/C14H21FN2O/c1-14(2,10-17(3)4)9-16-13(18)11-5-7-12(15)8-6-11/h5-8H,9-10H2,1-4H3,(H,16,18). The third-order valence-corrected chi connectivity index (χ3v) is 2.58. The van der Waals surface area contributed by atoms with Crippen LogP contribution in [0, 0.1) is 11.2 Å². The topological polar surface area (TPSA) is 32.3 Å². The minimum absolute atomic E-state index is 0.000803. The highest BCUT2D eigenvalue weighted by molar-refractivity contribution is 5.94. The summed E-state index contributed by atoms with van der Waals surface area (Å²) in [6.07, 6.45) is 0. The highest BCUT2D eigenvalue weighted by Gasteiger charge is 2.20. The van der Waals surface area contributed by atoms with E-state index in [0.717, 1.165) is 6.54 Å². The smallest absolute Gasteiger partial charge is 0.251 e. The lowest BCUT2D eigenvalue weighted by Crippen LogP contribution is -2.39. The maximum Gasteiger partial charge on any atom is 0.251 e. The van der Waals surface area contributed by atoms with Gasteiger partial charge in [-0.25, -0.2) is 4.39 Å². The van der Waals surface area contributed by atoms with Crippen LogP contribution >= 0.6 is 0 Å². The fourth-order valence-corrected chi connectivity index (χ4v) is 1.93. The van der Waals surface area contributed by atoms with Crippen LogP contribution < -0.4 is 5.32 Å². The second kappa shape index (κ2) is 5.96. The molecule has 0 aliphatic rings. The molecule has 0 spiro atoms. The molecule has 100 valence electrons. The Labute approximate surface area is 108 Å². The summed E-state index contributed by atoms with van der Waals surface area (Å²) < 4.78 is 12.7. The molecule has 1 amide bonds. The van der Waals surface area contributed by atoms with Gasteiger partial charge in [-0.1, -0.05) is 13.8 Å². The molecular weight excluding hydrogens is 231 g/mol. The van der Waals surface area contributed by atoms with Gasteiger partial charge in [-0.15, -0.1) is 0 Å². The van der Waals surface area contributed by atoms with Crippen molar-refractivity contribution in [2.75, 3.05) is 27.2 Å². The van der Waals surface area contributed by atoms with Gasteiger partial charge in [0.1, 0.15) is 5.82 Å². The van der Waals surface area contributed by atoms with E-state index in [1.54, 1.807) is 0 Å². The van der Waals surface area contributed by atoms with Gasteiger partial charge >= 0.3 is 0 Å². The molecule has 1 N–H and O–H groups in total. The molecule has 0 saturated carbocycles. The van der Waals surface area contributed by atoms with E-state index < -0.39 is 0 Å². The Hall–Kier alpha value is -1.42. The van der Waals surface area contributed by atoms with Crippen LogP contribution in [0.4, 0.5) is 4.39 Å². The molecule has 4 heteroatoms. The molecule has 0 atom stereocenters. The highest BCUT2D eigenvalue weighted by atomic mass is 19.1. The molecule has 1 aromatic rings. The second-order valence-electron chi connectivity index (χ2n) is 5.59. The molecular formula is C14H21FN2O. The fraction of sp³-hybridized carbons (Fsp3) is 0.500. The summed E-state index contributed by atoms with van der Waals surface area (Å²) in [5.41, 5.74) is 0.483. The van der Waals surface area contributed by atoms with Crippen molar-refractivity contribution in [3.05, 3.63) is 35.6 Å². The van der Waals surface area contributed by atoms with Gasteiger partial charge in [-0.2, -0.15) is 0 Å². The number of rotatable bonds is 5. The predicted molar refractivity (Wildman–Crippen MR) is 71.1 cm³/mol. The largest absolute Gasteiger partial charge is 0.351 e. The molecule has 0 bridgehead atoms. The zero-order valence-electron chi connectivity index (χ0n) is 11.5. The summed E-state index contributed by atoms with van der Waals surface area (Å²) in [6.45, 7) is 5.66. The summed E-state index contributed by atoms with van der Waals surface area (Å²) in [6, 6.07) is 5.56. The number of nitrogens with zero attached hydrogens (tertiary/aromatic N) is 1. The van der Waals surface area contributed by atoms with E-state index in [1.165, 1.54) is 24.3 Å². The van der Waals surface area contributed by atoms with Crippen LogP contribution in [0.2, 0.25) is 0 Å². The van der Waals surface area contributed by atoms with Gasteiger partial charge < -0.3 is 10.2 Å². The van der Waals surface area contributed by atoms with Gasteiger partial charge in [0, 0.05) is 18.7 Å². The normalized spacial score (nSPS) is 11.7. The number of hydrogen-bond donors (Lipinski definition) is 1. The monoisotopic (exact) mass is 252 g/mol. The van der Waals surface area contributed by atoms with Crippen molar-refractivity contribution in [1.82, 2.24) is 10.2 Å². The minimum Gasteiger partial charge on any atom is -0.351 e. The Morgan fingerprint density at radius 2 is 1.83 bits per heavy atom. The zero-order valence-corrected chi connectivity index (χ0v) is 11.5. The molecule has 0 radical (unpaired) electrons. The van der Waals surface area contributed by atoms with Crippen LogP contribution in [0.1, 0.15) is 24.2 Å². The van der Waals surface area contributed by atoms with Crippen molar-refractivity contribution in [2.24, 2.45) is 5.41 Å². The average molecular weight is 252 g/mol. The number of benzene rings is 1. The molecule has 0 saturated heterocycles. The van der Waals surface area contributed by atoms with E-state index in [1.807, 2.05) is 14.1 Å². The van der Waals surface area contributed by atoms with E-state index in [4.69, 9.17) is 0 Å². The molecule has 0 unspecified atom stereocenters. The van der Waals surface area contributed by atoms with Gasteiger partial charge in [-0.05, 0) is 43.8 Å². The summed E-state index contributed by atoms with van der Waals surface area (Å²) in [4.78, 5) is 13.9. The van der Waals surface area contributed by atoms with Crippen molar-refractivity contribution in [2.45, 2.75) is 13.8 Å². The first-order valence-electron chi connectivity index (χ1n) is 5.99. The summed E-state index contributed by atoms with van der Waals surface area (Å²) in [5, 5.41) is 2.88. The van der Waals surface area contributed by atoms with Gasteiger partial charge in [0.15, 0.2) is 0 Å². The average Bonchev–Trinajstić information content (AvgIpc) is 2.25. The summed E-state index contributed by atoms with van der Waals surface area (Å²) in [5.74, 6) is -0.499. The first-order chi connectivity index (χ1) is 8.30. The lowest BCUT2D eigenvalue weighted by atomic mass is 9.93. The third kappa shape index (κ3) is 4.84. The number of amides is 1. The number of hydrogen-bond acceptors (Lipinski definition) is 2. The van der Waals surface area contributed by atoms with Crippen LogP contribution in [0.15, 0.2) is 24.3 Å². The van der Waals surface area contributed by atoms with Crippen molar-refractivity contribution in [1.29, 1.82) is 0 Å². The summed E-state index contributed by atoms with van der Waals surface area (Å²) >= 11 is 0. The molecule has 18 heavy (non-hydrogen) atoms. The molecule has 1 aromatic carbocycles. The van der Waals surface area contributed by atoms with Crippen LogP contribution in [-0.4, -0.2) is 38.0 Å². The maximum atomic E-state index is 12.7. The lowest BCUT2D eigenvalue weighted by molar-refractivity contribution is 0.0929. The van der Waals surface area contributed by atoms with Crippen LogP contribution in [0.5, 0.6) is 0 Å². The van der Waals surface area contributed by atoms with E-state index in [9.17, 15) is 9.18 Å². The SMILES string of the molecule is CN(C)CC(C)(C)CNC(=O)c1ccc(F)cc1. The lowest BCUT2D eigenvalue weighted by Gasteiger charge is -2.28. The van der Waals surface area contributed by atoms with Crippen LogP contribution in [0.3, 0.4) is 0 Å². The fourth-order valence-electron chi connectivity index (χ4n) is 1.93. The molecule has 0 aliphatic heterocycles. The van der Waals surface area contributed by atoms with Crippen molar-refractivity contribution < 1.29 is 9.18 Å². The third-order valence-electron chi connectivity index (χ3n) is 2.58. The zero-order chi connectivity index (χ0) is 13.8. The van der Waals surface area contributed by atoms with Gasteiger partial charge in [-0.3, -0.25) is 4.79 Å². The summed E-state index contributed by atoms with van der Waals surface area (Å²) in [7, 11) is 4.01. The Bertz CT molecular complexity index is 399. The second-order valence-corrected chi connectivity index (χ2v) is 5.59. The number of carbonyl (C=O) groups excluding carboxylic acids is 1. The molecule has 0 aromatic heterocycles. The number of nitrogens with one attached hydrogen (secondary N) is 1. The number of carbonyl (C=O) groups is 1. The van der Waals surface area contributed by atoms with Crippen molar-refractivity contribution in [3.63, 3.8) is 0 Å². The van der Waals surface area contributed by atoms with E-state index >= 15 is 0 Å². The first kappa shape index (κ1) is 14.6. The quantitative estimate of drug-likeness (QED) is 0.871. The first-order valence-corrected chi connectivity index (χ1v) is 5.99. The Morgan fingerprint density at radius 1 is 1.28 bits per heavy atom. The van der Waals surface area contributed by atoms with Crippen LogP contribution in [0.25, 0.3) is 0 Å². The highest BCUT2D eigenvalue weighted by Crippen LogP contribution is 2.14. The van der Waals surface area contributed by atoms with E-state index in [2.05, 4.69) is 24.1 Å². The molecule has 0 aliphatic carbocycles. The van der Waals surface area contributed by atoms with E-state index in [0.29, 0.717) is 12.1 Å². The van der Waals surface area contributed by atoms with Crippen molar-refractivity contribution in [3.8, 4) is 0 Å². The molecule has 3 nitrogen and oxygen atoms in total. The minimum atomic E-state index is -0.334. The number of halogens is 1. The molecule has 0 heterocycles. The Morgan fingerprint density at radius 3 is 2.33 bits per heavy atom. The van der Waals surface area contributed by atoms with Gasteiger partial charge in [0.25, 0.3) is 5.91 Å². The Kier molecular flexibility index (Phi) is 4.84. The molecule has 0 fully saturated rings.